The van der Waals surface area contributed by atoms with Crippen LogP contribution in [0.2, 0.25) is 0 Å². The Hall–Kier alpha value is -2.56. The molecule has 1 aliphatic carbocycles. The Bertz CT molecular complexity index is 1130. The molecule has 2 aliphatic rings. The van der Waals surface area contributed by atoms with Gasteiger partial charge in [0.2, 0.25) is 17.6 Å². The molecule has 2 atom stereocenters. The van der Waals surface area contributed by atoms with Crippen LogP contribution < -0.4 is 16.0 Å². The lowest BCUT2D eigenvalue weighted by Crippen LogP contribution is -2.33. The van der Waals surface area contributed by atoms with Crippen LogP contribution in [0.4, 0.5) is 11.8 Å². The zero-order valence-electron chi connectivity index (χ0n) is 18.1. The first kappa shape index (κ1) is 20.3. The van der Waals surface area contributed by atoms with Gasteiger partial charge in [0, 0.05) is 31.4 Å². The van der Waals surface area contributed by atoms with E-state index in [9.17, 15) is 4.79 Å². The largest absolute Gasteiger partial charge is 0.439 e. The van der Waals surface area contributed by atoms with Gasteiger partial charge in [-0.2, -0.15) is 16.7 Å². The summed E-state index contributed by atoms with van der Waals surface area (Å²) in [4.78, 5) is 30.7. The first-order chi connectivity index (χ1) is 15.0. The number of aromatic nitrogens is 6. The number of imidazole rings is 1. The van der Waals surface area contributed by atoms with Crippen LogP contribution in [0.5, 0.6) is 0 Å². The van der Waals surface area contributed by atoms with E-state index in [4.69, 9.17) is 9.97 Å². The number of thioether (sulfide) groups is 1. The molecule has 1 saturated heterocycles. The summed E-state index contributed by atoms with van der Waals surface area (Å²) in [6.45, 7) is 3.18. The molecule has 10 nitrogen and oxygen atoms in total. The molecule has 2 fully saturated rings. The Balaban J connectivity index is 1.60. The maximum absolute atomic E-state index is 11.5. The third-order valence-electron chi connectivity index (χ3n) is 6.57. The minimum atomic E-state index is -0.630. The summed E-state index contributed by atoms with van der Waals surface area (Å²) in [5.41, 5.74) is 1.45. The van der Waals surface area contributed by atoms with E-state index >= 15 is 0 Å². The lowest BCUT2D eigenvalue weighted by Gasteiger charge is -2.32. The second kappa shape index (κ2) is 8.18. The highest BCUT2D eigenvalue weighted by Crippen LogP contribution is 2.34. The van der Waals surface area contributed by atoms with Crippen LogP contribution in [0, 0.1) is 5.92 Å². The quantitative estimate of drug-likeness (QED) is 0.567. The van der Waals surface area contributed by atoms with E-state index in [1.807, 2.05) is 18.8 Å². The molecule has 166 valence electrons. The number of anilines is 2. The fourth-order valence-corrected chi connectivity index (χ4v) is 5.36. The maximum atomic E-state index is 11.5. The van der Waals surface area contributed by atoms with E-state index in [2.05, 4.69) is 47.6 Å². The van der Waals surface area contributed by atoms with Crippen molar-refractivity contribution in [1.82, 2.24) is 29.7 Å². The van der Waals surface area contributed by atoms with Gasteiger partial charge in [0.05, 0.1) is 0 Å². The highest BCUT2D eigenvalue weighted by Gasteiger charge is 2.30. The molecule has 1 saturated carbocycles. The Morgan fingerprint density at radius 1 is 1.26 bits per heavy atom. The third kappa shape index (κ3) is 3.68. The average molecular weight is 445 g/mol. The molecule has 2 N–H and O–H groups in total. The highest BCUT2D eigenvalue weighted by atomic mass is 32.2. The average Bonchev–Trinajstić information content (AvgIpc) is 3.40. The Morgan fingerprint density at radius 2 is 2.10 bits per heavy atom. The van der Waals surface area contributed by atoms with Crippen molar-refractivity contribution >= 4 is 34.7 Å². The van der Waals surface area contributed by atoms with Gasteiger partial charge in [0.15, 0.2) is 11.5 Å². The van der Waals surface area contributed by atoms with Gasteiger partial charge in [0.1, 0.15) is 5.52 Å². The minimum Gasteiger partial charge on any atom is -0.365 e. The molecule has 5 rings (SSSR count). The fraction of sp³-hybridized carbons (Fsp3) is 0.650. The van der Waals surface area contributed by atoms with E-state index in [0.29, 0.717) is 29.2 Å². The summed E-state index contributed by atoms with van der Waals surface area (Å²) >= 11 is 1.86. The molecule has 1 aliphatic heterocycles. The van der Waals surface area contributed by atoms with Crippen LogP contribution >= 0.6 is 11.8 Å². The molecule has 1 unspecified atom stereocenters. The summed E-state index contributed by atoms with van der Waals surface area (Å²) in [5.74, 6) is 3.21. The number of hydrogen-bond donors (Lipinski definition) is 2. The summed E-state index contributed by atoms with van der Waals surface area (Å²) in [5, 5.41) is 7.37. The SMILES string of the molecule is CSCC1CCCN1c1nc2nc(-c3noc(=O)[nH]3)nc(N[C@H](C)C3CCC3)c2n1C. The maximum Gasteiger partial charge on any atom is 0.439 e. The Labute approximate surface area is 184 Å². The Kier molecular flexibility index (Phi) is 5.37. The molecule has 0 spiro atoms. The smallest absolute Gasteiger partial charge is 0.365 e. The van der Waals surface area contributed by atoms with Gasteiger partial charge in [-0.3, -0.25) is 9.51 Å². The van der Waals surface area contributed by atoms with E-state index in [0.717, 1.165) is 30.2 Å². The third-order valence-corrected chi connectivity index (χ3v) is 7.29. The van der Waals surface area contributed by atoms with Gasteiger partial charge in [-0.05, 0) is 44.8 Å². The molecule has 3 aromatic heterocycles. The summed E-state index contributed by atoms with van der Waals surface area (Å²) in [6, 6.07) is 0.751. The number of nitrogens with zero attached hydrogens (tertiary/aromatic N) is 6. The first-order valence-corrected chi connectivity index (χ1v) is 12.3. The van der Waals surface area contributed by atoms with E-state index < -0.39 is 5.76 Å². The molecule has 4 heterocycles. The van der Waals surface area contributed by atoms with Crippen LogP contribution in [0.3, 0.4) is 0 Å². The number of H-pyrrole nitrogens is 1. The van der Waals surface area contributed by atoms with Gasteiger partial charge in [0.25, 0.3) is 0 Å². The van der Waals surface area contributed by atoms with E-state index in [1.165, 1.54) is 25.7 Å². The molecule has 3 aromatic rings. The fourth-order valence-electron chi connectivity index (χ4n) is 4.63. The van der Waals surface area contributed by atoms with Crippen LogP contribution in [0.15, 0.2) is 9.32 Å². The van der Waals surface area contributed by atoms with Crippen LogP contribution in [-0.4, -0.2) is 60.3 Å². The van der Waals surface area contributed by atoms with Crippen molar-refractivity contribution in [2.24, 2.45) is 13.0 Å². The molecule has 11 heteroatoms. The zero-order valence-corrected chi connectivity index (χ0v) is 18.9. The second-order valence-corrected chi connectivity index (χ2v) is 9.46. The zero-order chi connectivity index (χ0) is 21.5. The second-order valence-electron chi connectivity index (χ2n) is 8.55. The summed E-state index contributed by atoms with van der Waals surface area (Å²) in [7, 11) is 2.03. The molecule has 0 aromatic carbocycles. The topological polar surface area (TPSA) is 118 Å². The lowest BCUT2D eigenvalue weighted by atomic mass is 9.80. The lowest BCUT2D eigenvalue weighted by molar-refractivity contribution is 0.285. The number of aromatic amines is 1. The number of aryl methyl sites for hydroxylation is 1. The standard InChI is InChI=1S/C20H28N8O2S/c1-11(12-6-4-7-12)21-15-14-16(23-17(22-15)18-25-20(29)30-26-18)24-19(27(14)2)28-9-5-8-13(28)10-31-3/h11-13H,4-10H2,1-3H3,(H,21,22,23)(H,25,26,29)/t11-,13?/m1/s1. The van der Waals surface area contributed by atoms with Crippen molar-refractivity contribution < 1.29 is 4.52 Å². The normalized spacial score (nSPS) is 20.4. The minimum absolute atomic E-state index is 0.208. The van der Waals surface area contributed by atoms with Gasteiger partial charge in [-0.1, -0.05) is 11.6 Å². The summed E-state index contributed by atoms with van der Waals surface area (Å²) < 4.78 is 6.77. The molecular formula is C20H28N8O2S. The van der Waals surface area contributed by atoms with E-state index in [1.54, 1.807) is 0 Å². The van der Waals surface area contributed by atoms with Crippen molar-refractivity contribution in [3.63, 3.8) is 0 Å². The summed E-state index contributed by atoms with van der Waals surface area (Å²) in [6.07, 6.45) is 8.22. The molecule has 0 radical (unpaired) electrons. The van der Waals surface area contributed by atoms with E-state index in [-0.39, 0.29) is 11.9 Å². The van der Waals surface area contributed by atoms with Crippen molar-refractivity contribution in [2.45, 2.75) is 51.1 Å². The van der Waals surface area contributed by atoms with Gasteiger partial charge in [-0.15, -0.1) is 0 Å². The molecular weight excluding hydrogens is 416 g/mol. The van der Waals surface area contributed by atoms with Crippen LogP contribution in [0.25, 0.3) is 22.8 Å². The van der Waals surface area contributed by atoms with Crippen molar-refractivity contribution in [2.75, 3.05) is 28.8 Å². The molecule has 31 heavy (non-hydrogen) atoms. The van der Waals surface area contributed by atoms with Gasteiger partial charge < -0.3 is 14.8 Å². The Morgan fingerprint density at radius 3 is 2.77 bits per heavy atom. The number of fused-ring (bicyclic) bond motifs is 1. The highest BCUT2D eigenvalue weighted by molar-refractivity contribution is 7.98. The number of nitrogens with one attached hydrogen (secondary N) is 2. The van der Waals surface area contributed by atoms with Crippen molar-refractivity contribution in [1.29, 1.82) is 0 Å². The first-order valence-electron chi connectivity index (χ1n) is 10.9. The number of hydrogen-bond acceptors (Lipinski definition) is 9. The van der Waals surface area contributed by atoms with Crippen molar-refractivity contribution in [3.8, 4) is 11.6 Å². The molecule has 0 amide bonds. The monoisotopic (exact) mass is 444 g/mol. The van der Waals surface area contributed by atoms with Crippen molar-refractivity contribution in [3.05, 3.63) is 10.6 Å². The predicted octanol–water partition coefficient (Wildman–Crippen LogP) is 2.64. The van der Waals surface area contributed by atoms with Gasteiger partial charge >= 0.3 is 5.76 Å². The van der Waals surface area contributed by atoms with Crippen LogP contribution in [-0.2, 0) is 7.05 Å². The van der Waals surface area contributed by atoms with Gasteiger partial charge in [-0.25, -0.2) is 14.8 Å². The predicted molar refractivity (Wildman–Crippen MR) is 122 cm³/mol. The van der Waals surface area contributed by atoms with Crippen LogP contribution in [0.1, 0.15) is 39.0 Å². The molecule has 0 bridgehead atoms. The number of rotatable bonds is 7.